The maximum absolute atomic E-state index is 12.0. The van der Waals surface area contributed by atoms with E-state index < -0.39 is 0 Å². The molecule has 1 aromatic carbocycles. The van der Waals surface area contributed by atoms with E-state index in [0.717, 1.165) is 16.8 Å². The molecule has 0 bridgehead atoms. The molecule has 24 heavy (non-hydrogen) atoms. The second-order valence-electron chi connectivity index (χ2n) is 5.13. The van der Waals surface area contributed by atoms with Gasteiger partial charge in [-0.3, -0.25) is 14.8 Å². The van der Waals surface area contributed by atoms with Gasteiger partial charge in [-0.25, -0.2) is 0 Å². The fraction of sp³-hybridized carbons (Fsp3) is 0.105. The molecule has 3 rings (SSSR count). The molecular weight excluding hydrogens is 302 g/mol. The minimum absolute atomic E-state index is 0.0190. The first-order valence-corrected chi connectivity index (χ1v) is 7.62. The van der Waals surface area contributed by atoms with Crippen molar-refractivity contribution < 1.29 is 9.53 Å². The van der Waals surface area contributed by atoms with Gasteiger partial charge in [-0.1, -0.05) is 24.3 Å². The molecule has 0 spiro atoms. The number of hydrogen-bond donors (Lipinski definition) is 1. The number of para-hydroxylation sites is 1. The third-order valence-corrected chi connectivity index (χ3v) is 3.43. The zero-order chi connectivity index (χ0) is 16.6. The molecule has 0 unspecified atom stereocenters. The molecule has 0 saturated heterocycles. The molecule has 5 nitrogen and oxygen atoms in total. The van der Waals surface area contributed by atoms with E-state index in [1.54, 1.807) is 18.6 Å². The van der Waals surface area contributed by atoms with Gasteiger partial charge in [0.2, 0.25) is 0 Å². The van der Waals surface area contributed by atoms with Crippen LogP contribution in [0.4, 0.5) is 0 Å². The summed E-state index contributed by atoms with van der Waals surface area (Å²) in [6.45, 7) is 0.372. The zero-order valence-corrected chi connectivity index (χ0v) is 13.1. The van der Waals surface area contributed by atoms with Crippen LogP contribution in [0.1, 0.15) is 5.56 Å². The van der Waals surface area contributed by atoms with Crippen molar-refractivity contribution in [3.8, 4) is 17.0 Å². The summed E-state index contributed by atoms with van der Waals surface area (Å²) in [6.07, 6.45) is 5.18. The van der Waals surface area contributed by atoms with Gasteiger partial charge in [0.25, 0.3) is 5.91 Å². The topological polar surface area (TPSA) is 64.1 Å². The van der Waals surface area contributed by atoms with Crippen LogP contribution in [0.25, 0.3) is 11.3 Å². The highest BCUT2D eigenvalue weighted by atomic mass is 16.5. The van der Waals surface area contributed by atoms with Gasteiger partial charge in [0, 0.05) is 30.7 Å². The van der Waals surface area contributed by atoms with E-state index in [-0.39, 0.29) is 12.5 Å². The molecular formula is C19H17N3O2. The normalized spacial score (nSPS) is 10.2. The molecule has 0 aliphatic heterocycles. The van der Waals surface area contributed by atoms with E-state index in [2.05, 4.69) is 15.3 Å². The molecule has 0 aliphatic carbocycles. The zero-order valence-electron chi connectivity index (χ0n) is 13.1. The third kappa shape index (κ3) is 4.16. The molecule has 0 aliphatic rings. The molecule has 120 valence electrons. The lowest BCUT2D eigenvalue weighted by Gasteiger charge is -2.10. The largest absolute Gasteiger partial charge is 0.484 e. The number of rotatable bonds is 6. The Kier molecular flexibility index (Phi) is 5.14. The van der Waals surface area contributed by atoms with Crippen molar-refractivity contribution in [3.05, 3.63) is 78.8 Å². The average Bonchev–Trinajstić information content (AvgIpc) is 2.66. The quantitative estimate of drug-likeness (QED) is 0.759. The third-order valence-electron chi connectivity index (χ3n) is 3.43. The number of benzene rings is 1. The van der Waals surface area contributed by atoms with Gasteiger partial charge in [0.1, 0.15) is 5.75 Å². The van der Waals surface area contributed by atoms with Crippen molar-refractivity contribution in [3.63, 3.8) is 0 Å². The molecule has 1 N–H and O–H groups in total. The van der Waals surface area contributed by atoms with E-state index in [0.29, 0.717) is 12.3 Å². The Hall–Kier alpha value is -3.21. The van der Waals surface area contributed by atoms with E-state index in [9.17, 15) is 4.79 Å². The summed E-state index contributed by atoms with van der Waals surface area (Å²) in [5.41, 5.74) is 2.75. The van der Waals surface area contributed by atoms with Crippen molar-refractivity contribution in [2.45, 2.75) is 6.54 Å². The minimum atomic E-state index is -0.177. The number of carbonyl (C=O) groups excluding carboxylic acids is 1. The lowest BCUT2D eigenvalue weighted by molar-refractivity contribution is -0.123. The van der Waals surface area contributed by atoms with Gasteiger partial charge < -0.3 is 10.1 Å². The van der Waals surface area contributed by atoms with Crippen LogP contribution in [0, 0.1) is 0 Å². The first kappa shape index (κ1) is 15.7. The summed E-state index contributed by atoms with van der Waals surface area (Å²) < 4.78 is 5.44. The van der Waals surface area contributed by atoms with Gasteiger partial charge in [0.15, 0.2) is 6.61 Å². The van der Waals surface area contributed by atoms with Gasteiger partial charge >= 0.3 is 0 Å². The minimum Gasteiger partial charge on any atom is -0.484 e. The Morgan fingerprint density at radius 1 is 0.958 bits per heavy atom. The van der Waals surface area contributed by atoms with Crippen LogP contribution in [0.2, 0.25) is 0 Å². The van der Waals surface area contributed by atoms with Crippen LogP contribution in [0.15, 0.2) is 73.2 Å². The number of nitrogens with one attached hydrogen (secondary N) is 1. The van der Waals surface area contributed by atoms with E-state index >= 15 is 0 Å². The van der Waals surface area contributed by atoms with Crippen LogP contribution in [0.3, 0.4) is 0 Å². The SMILES string of the molecule is O=C(COc1ccccc1)NCc1cccnc1-c1ccncc1. The molecule has 2 aromatic heterocycles. The number of pyridine rings is 2. The molecule has 0 atom stereocenters. The number of nitrogens with zero attached hydrogens (tertiary/aromatic N) is 2. The van der Waals surface area contributed by atoms with Crippen molar-refractivity contribution in [1.82, 2.24) is 15.3 Å². The first-order valence-electron chi connectivity index (χ1n) is 7.62. The second kappa shape index (κ2) is 7.87. The Morgan fingerprint density at radius 3 is 2.54 bits per heavy atom. The summed E-state index contributed by atoms with van der Waals surface area (Å²) in [6, 6.07) is 16.8. The van der Waals surface area contributed by atoms with E-state index in [1.807, 2.05) is 54.6 Å². The second-order valence-corrected chi connectivity index (χ2v) is 5.13. The Bertz CT molecular complexity index is 792. The highest BCUT2D eigenvalue weighted by molar-refractivity contribution is 5.77. The highest BCUT2D eigenvalue weighted by Gasteiger charge is 2.08. The molecule has 3 aromatic rings. The van der Waals surface area contributed by atoms with Crippen LogP contribution in [-0.4, -0.2) is 22.5 Å². The Labute approximate surface area is 140 Å². The van der Waals surface area contributed by atoms with E-state index in [4.69, 9.17) is 4.74 Å². The summed E-state index contributed by atoms with van der Waals surface area (Å²) in [4.78, 5) is 20.4. The molecule has 0 fully saturated rings. The van der Waals surface area contributed by atoms with Crippen molar-refractivity contribution in [2.24, 2.45) is 0 Å². The number of hydrogen-bond acceptors (Lipinski definition) is 4. The summed E-state index contributed by atoms with van der Waals surface area (Å²) in [5, 5.41) is 2.86. The number of carbonyl (C=O) groups is 1. The highest BCUT2D eigenvalue weighted by Crippen LogP contribution is 2.19. The average molecular weight is 319 g/mol. The summed E-state index contributed by atoms with van der Waals surface area (Å²) in [5.74, 6) is 0.495. The number of aromatic nitrogens is 2. The van der Waals surface area contributed by atoms with Crippen molar-refractivity contribution >= 4 is 5.91 Å². The Morgan fingerprint density at radius 2 is 1.75 bits per heavy atom. The predicted molar refractivity (Wildman–Crippen MR) is 91.3 cm³/mol. The van der Waals surface area contributed by atoms with Gasteiger partial charge in [-0.2, -0.15) is 0 Å². The predicted octanol–water partition coefficient (Wildman–Crippen LogP) is 2.84. The van der Waals surface area contributed by atoms with E-state index in [1.165, 1.54) is 0 Å². The number of ether oxygens (including phenoxy) is 1. The summed E-state index contributed by atoms with van der Waals surface area (Å²) >= 11 is 0. The van der Waals surface area contributed by atoms with Crippen LogP contribution in [0.5, 0.6) is 5.75 Å². The summed E-state index contributed by atoms with van der Waals surface area (Å²) in [7, 11) is 0. The molecule has 0 radical (unpaired) electrons. The number of amides is 1. The maximum Gasteiger partial charge on any atom is 0.258 e. The molecule has 2 heterocycles. The van der Waals surface area contributed by atoms with Crippen LogP contribution in [-0.2, 0) is 11.3 Å². The standard InChI is InChI=1S/C19H17N3O2/c23-18(14-24-17-6-2-1-3-7-17)22-13-16-5-4-10-21-19(16)15-8-11-20-12-9-15/h1-12H,13-14H2,(H,22,23). The van der Waals surface area contributed by atoms with Gasteiger partial charge in [0.05, 0.1) is 5.69 Å². The lowest BCUT2D eigenvalue weighted by atomic mass is 10.1. The van der Waals surface area contributed by atoms with Crippen LogP contribution < -0.4 is 10.1 Å². The Balaban J connectivity index is 1.60. The fourth-order valence-electron chi connectivity index (χ4n) is 2.26. The molecule has 1 amide bonds. The maximum atomic E-state index is 12.0. The van der Waals surface area contributed by atoms with Crippen molar-refractivity contribution in [2.75, 3.05) is 6.61 Å². The first-order chi connectivity index (χ1) is 11.8. The van der Waals surface area contributed by atoms with Crippen molar-refractivity contribution in [1.29, 1.82) is 0 Å². The molecule has 0 saturated carbocycles. The molecule has 5 heteroatoms. The van der Waals surface area contributed by atoms with Gasteiger partial charge in [-0.05, 0) is 35.9 Å². The lowest BCUT2D eigenvalue weighted by Crippen LogP contribution is -2.28. The van der Waals surface area contributed by atoms with Gasteiger partial charge in [-0.15, -0.1) is 0 Å². The monoisotopic (exact) mass is 319 g/mol. The van der Waals surface area contributed by atoms with Crippen LogP contribution >= 0.6 is 0 Å². The fourth-order valence-corrected chi connectivity index (χ4v) is 2.26. The smallest absolute Gasteiger partial charge is 0.258 e.